The molecule has 0 saturated carbocycles. The van der Waals surface area contributed by atoms with Crippen molar-refractivity contribution in [1.82, 2.24) is 9.55 Å². The number of aromatic nitrogens is 2. The van der Waals surface area contributed by atoms with Gasteiger partial charge in [-0.25, -0.2) is 4.79 Å². The van der Waals surface area contributed by atoms with Gasteiger partial charge in [0.25, 0.3) is 11.5 Å². The predicted molar refractivity (Wildman–Crippen MR) is 126 cm³/mol. The Morgan fingerprint density at radius 2 is 1.69 bits per heavy atom. The summed E-state index contributed by atoms with van der Waals surface area (Å²) in [5.41, 5.74) is 7.25. The molecule has 0 aliphatic heterocycles. The molecule has 168 valence electrons. The number of aromatic amines is 1. The van der Waals surface area contributed by atoms with Crippen LogP contribution in [0, 0.1) is 5.92 Å². The molecule has 0 aliphatic rings. The maximum Gasteiger partial charge on any atom is 0.330 e. The highest BCUT2D eigenvalue weighted by atomic mass is 16.5. The highest BCUT2D eigenvalue weighted by Gasteiger charge is 2.25. The van der Waals surface area contributed by atoms with Crippen molar-refractivity contribution in [3.8, 4) is 11.1 Å². The molecule has 3 aromatic rings. The molecule has 8 heteroatoms. The number of methoxy groups -OCH3 is 1. The summed E-state index contributed by atoms with van der Waals surface area (Å²) in [6.07, 6.45) is 0. The minimum atomic E-state index is -0.710. The van der Waals surface area contributed by atoms with Gasteiger partial charge in [0.2, 0.25) is 0 Å². The highest BCUT2D eigenvalue weighted by Crippen LogP contribution is 2.23. The topological polar surface area (TPSA) is 110 Å². The molecule has 3 N–H and O–H groups in total. The van der Waals surface area contributed by atoms with E-state index in [0.29, 0.717) is 12.1 Å². The Kier molecular flexibility index (Phi) is 7.27. The molecule has 8 nitrogen and oxygen atoms in total. The van der Waals surface area contributed by atoms with E-state index in [-0.39, 0.29) is 30.6 Å². The largest absolute Gasteiger partial charge is 0.383 e. The smallest absolute Gasteiger partial charge is 0.330 e. The van der Waals surface area contributed by atoms with Gasteiger partial charge in [-0.15, -0.1) is 0 Å². The van der Waals surface area contributed by atoms with Crippen LogP contribution in [0.4, 0.5) is 11.5 Å². The van der Waals surface area contributed by atoms with Gasteiger partial charge in [-0.05, 0) is 29.2 Å². The molecule has 2 aromatic carbocycles. The molecule has 3 rings (SSSR count). The SMILES string of the molecule is COCCN(C(=O)c1ccc(-c2ccccc2)cc1)c1c(N)n(CC(C)C)c(=O)[nH]c1=O. The summed E-state index contributed by atoms with van der Waals surface area (Å²) < 4.78 is 6.42. The minimum Gasteiger partial charge on any atom is -0.383 e. The van der Waals surface area contributed by atoms with Gasteiger partial charge in [0.1, 0.15) is 5.82 Å². The molecule has 1 aromatic heterocycles. The van der Waals surface area contributed by atoms with Crippen molar-refractivity contribution >= 4 is 17.4 Å². The third-order valence-electron chi connectivity index (χ3n) is 5.03. The molecule has 1 heterocycles. The van der Waals surface area contributed by atoms with Crippen molar-refractivity contribution < 1.29 is 9.53 Å². The Hall–Kier alpha value is -3.65. The summed E-state index contributed by atoms with van der Waals surface area (Å²) in [6, 6.07) is 16.9. The number of carbonyl (C=O) groups is 1. The van der Waals surface area contributed by atoms with Crippen LogP contribution in [0.25, 0.3) is 11.1 Å². The third-order valence-corrected chi connectivity index (χ3v) is 5.03. The number of nitrogens with one attached hydrogen (secondary N) is 1. The van der Waals surface area contributed by atoms with Crippen LogP contribution >= 0.6 is 0 Å². The second-order valence-electron chi connectivity index (χ2n) is 7.89. The van der Waals surface area contributed by atoms with Crippen molar-refractivity contribution in [3.63, 3.8) is 0 Å². The molecular weight excluding hydrogens is 408 g/mol. The number of nitrogens with zero attached hydrogens (tertiary/aromatic N) is 2. The van der Waals surface area contributed by atoms with E-state index in [0.717, 1.165) is 11.1 Å². The highest BCUT2D eigenvalue weighted by molar-refractivity contribution is 6.07. The number of H-pyrrole nitrogens is 1. The first-order valence-electron chi connectivity index (χ1n) is 10.4. The number of hydrogen-bond acceptors (Lipinski definition) is 5. The van der Waals surface area contributed by atoms with Gasteiger partial charge in [-0.3, -0.25) is 24.0 Å². The lowest BCUT2D eigenvalue weighted by molar-refractivity contribution is 0.0975. The van der Waals surface area contributed by atoms with Crippen LogP contribution in [0.5, 0.6) is 0 Å². The first-order valence-corrected chi connectivity index (χ1v) is 10.4. The standard InChI is InChI=1S/C24H28N4O4/c1-16(2)15-28-21(25)20(22(29)26-24(28)31)27(13-14-32-3)23(30)19-11-9-18(10-12-19)17-7-5-4-6-8-17/h4-12,16H,13-15,25H2,1-3H3,(H,26,29,31). The van der Waals surface area contributed by atoms with Gasteiger partial charge in [0, 0.05) is 25.8 Å². The molecule has 0 spiro atoms. The Morgan fingerprint density at radius 1 is 1.06 bits per heavy atom. The summed E-state index contributed by atoms with van der Waals surface area (Å²) in [6.45, 7) is 4.46. The predicted octanol–water partition coefficient (Wildman–Crippen LogP) is 2.74. The number of nitrogen functional groups attached to an aromatic ring is 1. The van der Waals surface area contributed by atoms with E-state index in [4.69, 9.17) is 10.5 Å². The van der Waals surface area contributed by atoms with E-state index in [2.05, 4.69) is 4.98 Å². The summed E-state index contributed by atoms with van der Waals surface area (Å²) >= 11 is 0. The summed E-state index contributed by atoms with van der Waals surface area (Å²) in [5.74, 6) is -0.339. The maximum absolute atomic E-state index is 13.4. The van der Waals surface area contributed by atoms with E-state index in [1.54, 1.807) is 12.1 Å². The van der Waals surface area contributed by atoms with Crippen molar-refractivity contribution in [2.75, 3.05) is 30.9 Å². The fraction of sp³-hybridized carbons (Fsp3) is 0.292. The van der Waals surface area contributed by atoms with Crippen LogP contribution in [0.15, 0.2) is 64.2 Å². The van der Waals surface area contributed by atoms with Crippen molar-refractivity contribution in [2.45, 2.75) is 20.4 Å². The second kappa shape index (κ2) is 10.1. The number of hydrogen-bond donors (Lipinski definition) is 2. The zero-order valence-electron chi connectivity index (χ0n) is 18.5. The van der Waals surface area contributed by atoms with E-state index in [1.807, 2.05) is 56.3 Å². The van der Waals surface area contributed by atoms with Crippen LogP contribution in [0.2, 0.25) is 0 Å². The molecule has 0 bridgehead atoms. The second-order valence-corrected chi connectivity index (χ2v) is 7.89. The Morgan fingerprint density at radius 3 is 2.28 bits per heavy atom. The number of anilines is 2. The monoisotopic (exact) mass is 436 g/mol. The Bertz CT molecular complexity index is 1180. The summed E-state index contributed by atoms with van der Waals surface area (Å²) in [5, 5.41) is 0. The third kappa shape index (κ3) is 4.97. The molecular formula is C24H28N4O4. The number of ether oxygens (including phenoxy) is 1. The van der Waals surface area contributed by atoms with E-state index < -0.39 is 17.2 Å². The minimum absolute atomic E-state index is 0.0437. The molecule has 0 radical (unpaired) electrons. The Balaban J connectivity index is 2.03. The van der Waals surface area contributed by atoms with Gasteiger partial charge in [0.05, 0.1) is 6.61 Å². The maximum atomic E-state index is 13.4. The number of benzene rings is 2. The first-order chi connectivity index (χ1) is 15.3. The van der Waals surface area contributed by atoms with Crippen molar-refractivity contribution in [1.29, 1.82) is 0 Å². The van der Waals surface area contributed by atoms with E-state index in [1.165, 1.54) is 16.6 Å². The average Bonchev–Trinajstić information content (AvgIpc) is 2.79. The van der Waals surface area contributed by atoms with Crippen molar-refractivity contribution in [3.05, 3.63) is 81.0 Å². The van der Waals surface area contributed by atoms with Crippen LogP contribution in [0.3, 0.4) is 0 Å². The molecule has 0 atom stereocenters. The first kappa shape index (κ1) is 23.0. The fourth-order valence-corrected chi connectivity index (χ4v) is 3.47. The van der Waals surface area contributed by atoms with Crippen molar-refractivity contribution in [2.24, 2.45) is 5.92 Å². The Labute approximate surface area is 186 Å². The molecule has 0 saturated heterocycles. The van der Waals surface area contributed by atoms with Gasteiger partial charge in [-0.1, -0.05) is 56.3 Å². The summed E-state index contributed by atoms with van der Waals surface area (Å²) in [7, 11) is 1.50. The molecule has 0 aliphatic carbocycles. The zero-order chi connectivity index (χ0) is 23.3. The van der Waals surface area contributed by atoms with Crippen LogP contribution in [0.1, 0.15) is 24.2 Å². The van der Waals surface area contributed by atoms with Crippen LogP contribution in [-0.4, -0.2) is 35.7 Å². The van der Waals surface area contributed by atoms with Gasteiger partial charge in [-0.2, -0.15) is 0 Å². The normalized spacial score (nSPS) is 11.0. The molecule has 0 unspecified atom stereocenters. The average molecular weight is 437 g/mol. The number of nitrogens with two attached hydrogens (primary N) is 1. The zero-order valence-corrected chi connectivity index (χ0v) is 18.5. The summed E-state index contributed by atoms with van der Waals surface area (Å²) in [4.78, 5) is 41.9. The van der Waals surface area contributed by atoms with Gasteiger partial charge < -0.3 is 10.5 Å². The van der Waals surface area contributed by atoms with Gasteiger partial charge in [0.15, 0.2) is 5.69 Å². The quantitative estimate of drug-likeness (QED) is 0.564. The van der Waals surface area contributed by atoms with E-state index in [9.17, 15) is 14.4 Å². The molecule has 1 amide bonds. The van der Waals surface area contributed by atoms with Crippen LogP contribution in [-0.2, 0) is 11.3 Å². The number of rotatable bonds is 8. The molecule has 32 heavy (non-hydrogen) atoms. The lowest BCUT2D eigenvalue weighted by Crippen LogP contribution is -2.42. The fourth-order valence-electron chi connectivity index (χ4n) is 3.47. The number of carbonyl (C=O) groups excluding carboxylic acids is 1. The van der Waals surface area contributed by atoms with Gasteiger partial charge >= 0.3 is 5.69 Å². The van der Waals surface area contributed by atoms with E-state index >= 15 is 0 Å². The molecule has 0 fully saturated rings. The lowest BCUT2D eigenvalue weighted by atomic mass is 10.0. The number of amides is 1. The lowest BCUT2D eigenvalue weighted by Gasteiger charge is -2.25. The van der Waals surface area contributed by atoms with Crippen LogP contribution < -0.4 is 21.9 Å².